The second-order valence-corrected chi connectivity index (χ2v) is 7.53. The zero-order valence-corrected chi connectivity index (χ0v) is 15.8. The van der Waals surface area contributed by atoms with Crippen molar-refractivity contribution in [2.75, 3.05) is 24.5 Å². The van der Waals surface area contributed by atoms with Gasteiger partial charge in [0.05, 0.1) is 6.04 Å². The number of urea groups is 1. The predicted molar refractivity (Wildman–Crippen MR) is 98.1 cm³/mol. The van der Waals surface area contributed by atoms with E-state index in [2.05, 4.69) is 4.90 Å². The van der Waals surface area contributed by atoms with Crippen LogP contribution in [0.4, 0.5) is 10.5 Å². The van der Waals surface area contributed by atoms with Gasteiger partial charge in [0.15, 0.2) is 5.41 Å². The first-order valence-corrected chi connectivity index (χ1v) is 9.57. The van der Waals surface area contributed by atoms with Crippen LogP contribution in [0.1, 0.15) is 32.3 Å². The smallest absolute Gasteiger partial charge is 0.333 e. The highest BCUT2D eigenvalue weighted by Gasteiger charge is 2.64. The maximum Gasteiger partial charge on any atom is 0.333 e. The van der Waals surface area contributed by atoms with Gasteiger partial charge in [0.1, 0.15) is 0 Å². The van der Waals surface area contributed by atoms with Gasteiger partial charge in [-0.2, -0.15) is 0 Å². The Bertz CT molecular complexity index is 783. The summed E-state index contributed by atoms with van der Waals surface area (Å²) in [6.45, 7) is 4.83. The minimum Gasteiger partial charge on any atom is -0.367 e. The summed E-state index contributed by atoms with van der Waals surface area (Å²) in [5, 5.41) is 0.566. The molecule has 1 aromatic rings. The molecule has 138 valence electrons. The van der Waals surface area contributed by atoms with Crippen LogP contribution < -0.4 is 4.90 Å². The third-order valence-corrected chi connectivity index (χ3v) is 6.38. The van der Waals surface area contributed by atoms with E-state index in [0.29, 0.717) is 5.02 Å². The lowest BCUT2D eigenvalue weighted by Crippen LogP contribution is -2.71. The van der Waals surface area contributed by atoms with Gasteiger partial charge in [-0.1, -0.05) is 17.7 Å². The van der Waals surface area contributed by atoms with E-state index in [9.17, 15) is 14.4 Å². The van der Waals surface area contributed by atoms with Crippen molar-refractivity contribution in [2.24, 2.45) is 5.41 Å². The number of rotatable bonds is 2. The maximum absolute atomic E-state index is 13.5. The largest absolute Gasteiger partial charge is 0.367 e. The summed E-state index contributed by atoms with van der Waals surface area (Å²) in [6, 6.07) is 4.96. The SMILES string of the molecule is CCN1C(=O)N(CC)C(=O)C2(Cc3c(Cl)cccc3N3CCCC32)C1=O. The molecule has 4 amide bonds. The Hall–Kier alpha value is -2.08. The van der Waals surface area contributed by atoms with Gasteiger partial charge in [-0.3, -0.25) is 19.4 Å². The highest BCUT2D eigenvalue weighted by molar-refractivity contribution is 6.32. The molecule has 2 saturated heterocycles. The van der Waals surface area contributed by atoms with Gasteiger partial charge in [0, 0.05) is 36.8 Å². The predicted octanol–water partition coefficient (Wildman–Crippen LogP) is 2.68. The molecule has 7 heteroatoms. The van der Waals surface area contributed by atoms with E-state index in [4.69, 9.17) is 11.6 Å². The molecule has 0 radical (unpaired) electrons. The van der Waals surface area contributed by atoms with Crippen molar-refractivity contribution < 1.29 is 14.4 Å². The topological polar surface area (TPSA) is 60.9 Å². The average Bonchev–Trinajstić information content (AvgIpc) is 3.12. The van der Waals surface area contributed by atoms with Crippen LogP contribution in [0.15, 0.2) is 18.2 Å². The van der Waals surface area contributed by atoms with Crippen molar-refractivity contribution >= 4 is 35.1 Å². The van der Waals surface area contributed by atoms with Crippen molar-refractivity contribution in [1.29, 1.82) is 0 Å². The fraction of sp³-hybridized carbons (Fsp3) is 0.526. The third-order valence-electron chi connectivity index (χ3n) is 6.03. The van der Waals surface area contributed by atoms with Crippen LogP contribution >= 0.6 is 11.6 Å². The number of hydrogen-bond acceptors (Lipinski definition) is 4. The van der Waals surface area contributed by atoms with Gasteiger partial charge in [-0.15, -0.1) is 0 Å². The van der Waals surface area contributed by atoms with Gasteiger partial charge in [0.2, 0.25) is 11.8 Å². The van der Waals surface area contributed by atoms with Crippen molar-refractivity contribution in [3.8, 4) is 0 Å². The summed E-state index contributed by atoms with van der Waals surface area (Å²) >= 11 is 6.46. The first-order valence-electron chi connectivity index (χ1n) is 9.19. The van der Waals surface area contributed by atoms with Crippen LogP contribution in [0.5, 0.6) is 0 Å². The monoisotopic (exact) mass is 375 g/mol. The van der Waals surface area contributed by atoms with E-state index >= 15 is 0 Å². The normalized spacial score (nSPS) is 24.3. The Morgan fingerprint density at radius 1 is 1.12 bits per heavy atom. The summed E-state index contributed by atoms with van der Waals surface area (Å²) in [6.07, 6.45) is 1.92. The molecule has 26 heavy (non-hydrogen) atoms. The number of nitrogens with zero attached hydrogens (tertiary/aromatic N) is 3. The molecule has 1 aromatic carbocycles. The number of hydrogen-bond donors (Lipinski definition) is 0. The van der Waals surface area contributed by atoms with Gasteiger partial charge >= 0.3 is 6.03 Å². The first kappa shape index (κ1) is 17.3. The van der Waals surface area contributed by atoms with E-state index in [1.807, 2.05) is 12.1 Å². The van der Waals surface area contributed by atoms with Crippen LogP contribution in [0.25, 0.3) is 0 Å². The zero-order chi connectivity index (χ0) is 18.6. The Balaban J connectivity index is 1.93. The number of imide groups is 2. The van der Waals surface area contributed by atoms with Crippen LogP contribution in [-0.2, 0) is 16.0 Å². The Morgan fingerprint density at radius 2 is 1.77 bits per heavy atom. The number of barbiturate groups is 1. The van der Waals surface area contributed by atoms with Gasteiger partial charge in [-0.05, 0) is 44.4 Å². The second-order valence-electron chi connectivity index (χ2n) is 7.12. The van der Waals surface area contributed by atoms with E-state index in [1.54, 1.807) is 19.9 Å². The molecule has 4 rings (SSSR count). The van der Waals surface area contributed by atoms with Crippen molar-refractivity contribution in [1.82, 2.24) is 9.80 Å². The molecule has 6 nitrogen and oxygen atoms in total. The molecule has 3 aliphatic rings. The van der Waals surface area contributed by atoms with E-state index in [0.717, 1.165) is 30.6 Å². The lowest BCUT2D eigenvalue weighted by atomic mass is 9.68. The fourth-order valence-electron chi connectivity index (χ4n) is 4.84. The van der Waals surface area contributed by atoms with Gasteiger partial charge in [-0.25, -0.2) is 4.79 Å². The molecule has 0 bridgehead atoms. The number of anilines is 1. The van der Waals surface area contributed by atoms with Crippen molar-refractivity contribution in [3.05, 3.63) is 28.8 Å². The minimum atomic E-state index is -1.27. The van der Waals surface area contributed by atoms with E-state index in [-0.39, 0.29) is 37.4 Å². The standard InChI is InChI=1S/C19H22ClN3O3/c1-3-21-16(24)19(17(25)22(4-2)18(21)26)11-12-13(20)7-5-8-14(12)23-10-6-9-15(19)23/h5,7-8,15H,3-4,6,9-11H2,1-2H3. The number of fused-ring (bicyclic) bond motifs is 4. The van der Waals surface area contributed by atoms with Crippen LogP contribution in [-0.4, -0.2) is 53.3 Å². The molecule has 0 N–H and O–H groups in total. The molecule has 0 saturated carbocycles. The van der Waals surface area contributed by atoms with Crippen molar-refractivity contribution in [2.45, 2.75) is 39.2 Å². The lowest BCUT2D eigenvalue weighted by molar-refractivity contribution is -0.160. The zero-order valence-electron chi connectivity index (χ0n) is 15.0. The fourth-order valence-corrected chi connectivity index (χ4v) is 5.08. The maximum atomic E-state index is 13.5. The summed E-state index contributed by atoms with van der Waals surface area (Å²) < 4.78 is 0. The molecule has 1 unspecified atom stereocenters. The number of benzene rings is 1. The summed E-state index contributed by atoms with van der Waals surface area (Å²) in [7, 11) is 0. The highest BCUT2D eigenvalue weighted by atomic mass is 35.5. The molecular weight excluding hydrogens is 354 g/mol. The molecular formula is C19H22ClN3O3. The molecule has 0 aromatic heterocycles. The van der Waals surface area contributed by atoms with Gasteiger partial charge in [0.25, 0.3) is 0 Å². The van der Waals surface area contributed by atoms with Crippen LogP contribution in [0, 0.1) is 5.41 Å². The molecule has 1 atom stereocenters. The molecule has 3 heterocycles. The Labute approximate surface area is 157 Å². The minimum absolute atomic E-state index is 0.232. The van der Waals surface area contributed by atoms with Crippen LogP contribution in [0.2, 0.25) is 5.02 Å². The molecule has 3 aliphatic heterocycles. The molecule has 1 spiro atoms. The number of carbonyl (C=O) groups excluding carboxylic acids is 3. The average molecular weight is 376 g/mol. The summed E-state index contributed by atoms with van der Waals surface area (Å²) in [5.74, 6) is -0.746. The molecule has 2 fully saturated rings. The third kappa shape index (κ3) is 2.02. The van der Waals surface area contributed by atoms with E-state index < -0.39 is 11.4 Å². The number of carbonyl (C=O) groups is 3. The Kier molecular flexibility index (Phi) is 3.99. The Morgan fingerprint density at radius 3 is 2.38 bits per heavy atom. The lowest BCUT2D eigenvalue weighted by Gasteiger charge is -2.51. The summed E-state index contributed by atoms with van der Waals surface area (Å²) in [5.41, 5.74) is 0.568. The second kappa shape index (κ2) is 5.98. The first-order chi connectivity index (χ1) is 12.5. The van der Waals surface area contributed by atoms with Gasteiger partial charge < -0.3 is 4.90 Å². The molecule has 0 aliphatic carbocycles. The quantitative estimate of drug-likeness (QED) is 0.746. The number of halogens is 1. The van der Waals surface area contributed by atoms with Crippen molar-refractivity contribution in [3.63, 3.8) is 0 Å². The summed E-state index contributed by atoms with van der Waals surface area (Å²) in [4.78, 5) is 44.1. The van der Waals surface area contributed by atoms with Crippen LogP contribution in [0.3, 0.4) is 0 Å². The highest BCUT2D eigenvalue weighted by Crippen LogP contribution is 2.50. The van der Waals surface area contributed by atoms with E-state index in [1.165, 1.54) is 9.80 Å². The number of amides is 4.